The average molecular weight is 334 g/mol. The van der Waals surface area contributed by atoms with Crippen molar-refractivity contribution in [2.24, 2.45) is 4.99 Å². The number of rotatable bonds is 4. The Kier molecular flexibility index (Phi) is 4.91. The number of thioether (sulfide) groups is 1. The van der Waals surface area contributed by atoms with E-state index in [1.165, 1.54) is 27.5 Å². The summed E-state index contributed by atoms with van der Waals surface area (Å²) in [5.41, 5.74) is 7.08. The van der Waals surface area contributed by atoms with Crippen molar-refractivity contribution < 1.29 is 0 Å². The van der Waals surface area contributed by atoms with Gasteiger partial charge in [0, 0.05) is 33.7 Å². The number of aryl methyl sites for hydroxylation is 2. The molecule has 0 N–H and O–H groups in total. The molecule has 0 saturated heterocycles. The van der Waals surface area contributed by atoms with Crippen molar-refractivity contribution in [2.45, 2.75) is 25.7 Å². The van der Waals surface area contributed by atoms with E-state index in [9.17, 15) is 0 Å². The highest BCUT2D eigenvalue weighted by Crippen LogP contribution is 2.28. The van der Waals surface area contributed by atoms with Gasteiger partial charge in [-0.05, 0) is 62.9 Å². The molecule has 1 heterocycles. The molecule has 2 nitrogen and oxygen atoms in total. The molecular formula is C21H22N2S. The highest BCUT2D eigenvalue weighted by Gasteiger charge is 2.09. The number of aliphatic imine (C=N–C) groups is 1. The van der Waals surface area contributed by atoms with E-state index in [-0.39, 0.29) is 0 Å². The van der Waals surface area contributed by atoms with Crippen LogP contribution in [0.15, 0.2) is 64.5 Å². The fourth-order valence-electron chi connectivity index (χ4n) is 2.96. The van der Waals surface area contributed by atoms with Crippen LogP contribution in [0.1, 0.15) is 22.5 Å². The van der Waals surface area contributed by atoms with Crippen LogP contribution in [0.25, 0.3) is 5.69 Å². The van der Waals surface area contributed by atoms with Crippen LogP contribution in [-0.2, 0) is 0 Å². The van der Waals surface area contributed by atoms with Gasteiger partial charge < -0.3 is 4.57 Å². The van der Waals surface area contributed by atoms with E-state index in [0.717, 1.165) is 11.3 Å². The summed E-state index contributed by atoms with van der Waals surface area (Å²) in [6.45, 7) is 6.42. The zero-order chi connectivity index (χ0) is 17.1. The van der Waals surface area contributed by atoms with Gasteiger partial charge in [0.1, 0.15) is 0 Å². The lowest BCUT2D eigenvalue weighted by molar-refractivity contribution is 0.963. The minimum absolute atomic E-state index is 1.02. The molecule has 0 fully saturated rings. The molecule has 0 unspecified atom stereocenters. The van der Waals surface area contributed by atoms with Gasteiger partial charge >= 0.3 is 0 Å². The number of hydrogen-bond donors (Lipinski definition) is 0. The molecule has 0 bridgehead atoms. The Bertz CT molecular complexity index is 891. The maximum absolute atomic E-state index is 4.71. The van der Waals surface area contributed by atoms with Gasteiger partial charge in [0.25, 0.3) is 0 Å². The molecule has 24 heavy (non-hydrogen) atoms. The van der Waals surface area contributed by atoms with Crippen molar-refractivity contribution in [2.75, 3.05) is 6.26 Å². The van der Waals surface area contributed by atoms with E-state index < -0.39 is 0 Å². The predicted octanol–water partition coefficient (Wildman–Crippen LogP) is 5.88. The topological polar surface area (TPSA) is 17.3 Å². The van der Waals surface area contributed by atoms with Crippen LogP contribution >= 0.6 is 11.8 Å². The Morgan fingerprint density at radius 1 is 0.958 bits per heavy atom. The SMILES string of the molecule is CSc1ccccc1N=Cc1cc(C)n(-c2cccc(C)c2)c1C. The Morgan fingerprint density at radius 2 is 1.75 bits per heavy atom. The summed E-state index contributed by atoms with van der Waals surface area (Å²) >= 11 is 1.72. The molecule has 0 radical (unpaired) electrons. The highest BCUT2D eigenvalue weighted by atomic mass is 32.2. The highest BCUT2D eigenvalue weighted by molar-refractivity contribution is 7.98. The van der Waals surface area contributed by atoms with Crippen LogP contribution in [0.2, 0.25) is 0 Å². The number of nitrogens with zero attached hydrogens (tertiary/aromatic N) is 2. The van der Waals surface area contributed by atoms with E-state index in [4.69, 9.17) is 4.99 Å². The summed E-state index contributed by atoms with van der Waals surface area (Å²) in [4.78, 5) is 5.91. The van der Waals surface area contributed by atoms with Crippen molar-refractivity contribution in [1.29, 1.82) is 0 Å². The van der Waals surface area contributed by atoms with Crippen LogP contribution < -0.4 is 0 Å². The third kappa shape index (κ3) is 3.31. The number of aromatic nitrogens is 1. The van der Waals surface area contributed by atoms with Gasteiger partial charge in [-0.3, -0.25) is 4.99 Å². The fourth-order valence-corrected chi connectivity index (χ4v) is 3.50. The minimum Gasteiger partial charge on any atom is -0.318 e. The molecule has 3 heteroatoms. The summed E-state index contributed by atoms with van der Waals surface area (Å²) in [6, 6.07) is 19.0. The van der Waals surface area contributed by atoms with Gasteiger partial charge in [-0.15, -0.1) is 11.8 Å². The minimum atomic E-state index is 1.02. The second-order valence-corrected chi connectivity index (χ2v) is 6.78. The third-order valence-corrected chi connectivity index (χ3v) is 4.94. The maximum Gasteiger partial charge on any atom is 0.0765 e. The average Bonchev–Trinajstić information content (AvgIpc) is 2.87. The van der Waals surface area contributed by atoms with Gasteiger partial charge in [-0.2, -0.15) is 0 Å². The van der Waals surface area contributed by atoms with Gasteiger partial charge in [0.2, 0.25) is 0 Å². The van der Waals surface area contributed by atoms with Gasteiger partial charge in [-0.1, -0.05) is 24.3 Å². The lowest BCUT2D eigenvalue weighted by Gasteiger charge is -2.10. The zero-order valence-electron chi connectivity index (χ0n) is 14.6. The van der Waals surface area contributed by atoms with Crippen molar-refractivity contribution in [3.63, 3.8) is 0 Å². The summed E-state index contributed by atoms with van der Waals surface area (Å²) in [5, 5.41) is 0. The van der Waals surface area contributed by atoms with E-state index >= 15 is 0 Å². The molecular weight excluding hydrogens is 312 g/mol. The van der Waals surface area contributed by atoms with Crippen molar-refractivity contribution in [1.82, 2.24) is 4.57 Å². The molecule has 0 spiro atoms. The van der Waals surface area contributed by atoms with E-state index in [1.54, 1.807) is 11.8 Å². The van der Waals surface area contributed by atoms with E-state index in [1.807, 2.05) is 12.3 Å². The molecule has 3 rings (SSSR count). The van der Waals surface area contributed by atoms with Crippen LogP contribution in [0.4, 0.5) is 5.69 Å². The van der Waals surface area contributed by atoms with Crippen molar-refractivity contribution in [3.05, 3.63) is 77.1 Å². The van der Waals surface area contributed by atoms with Gasteiger partial charge in [-0.25, -0.2) is 0 Å². The summed E-state index contributed by atoms with van der Waals surface area (Å²) in [6.07, 6.45) is 4.06. The molecule has 0 amide bonds. The molecule has 0 atom stereocenters. The first kappa shape index (κ1) is 16.6. The summed E-state index contributed by atoms with van der Waals surface area (Å²) in [5.74, 6) is 0. The van der Waals surface area contributed by atoms with E-state index in [2.05, 4.69) is 80.1 Å². The van der Waals surface area contributed by atoms with Crippen molar-refractivity contribution in [3.8, 4) is 5.69 Å². The molecule has 0 saturated carbocycles. The summed E-state index contributed by atoms with van der Waals surface area (Å²) in [7, 11) is 0. The molecule has 0 aliphatic heterocycles. The van der Waals surface area contributed by atoms with Gasteiger partial charge in [0.05, 0.1) is 5.69 Å². The van der Waals surface area contributed by atoms with Crippen molar-refractivity contribution >= 4 is 23.7 Å². The first-order valence-corrected chi connectivity index (χ1v) is 9.25. The maximum atomic E-state index is 4.71. The second kappa shape index (κ2) is 7.10. The number of benzene rings is 2. The molecule has 3 aromatic rings. The van der Waals surface area contributed by atoms with Gasteiger partial charge in [0.15, 0.2) is 0 Å². The molecule has 0 aliphatic carbocycles. The monoisotopic (exact) mass is 334 g/mol. The largest absolute Gasteiger partial charge is 0.318 e. The Hall–Kier alpha value is -2.26. The number of para-hydroxylation sites is 1. The fraction of sp³-hybridized carbons (Fsp3) is 0.190. The van der Waals surface area contributed by atoms with Crippen LogP contribution in [-0.4, -0.2) is 17.0 Å². The lowest BCUT2D eigenvalue weighted by atomic mass is 10.2. The Labute approximate surface area is 148 Å². The zero-order valence-corrected chi connectivity index (χ0v) is 15.4. The molecule has 0 aliphatic rings. The van der Waals surface area contributed by atoms with Crippen LogP contribution in [0.5, 0.6) is 0 Å². The molecule has 2 aromatic carbocycles. The standard InChI is InChI=1S/C21H22N2S/c1-15-8-7-9-19(12-15)23-16(2)13-18(17(23)3)14-22-20-10-5-6-11-21(20)24-4/h5-14H,1-4H3. The van der Waals surface area contributed by atoms with E-state index in [0.29, 0.717) is 0 Å². The number of hydrogen-bond acceptors (Lipinski definition) is 2. The Morgan fingerprint density at radius 3 is 2.50 bits per heavy atom. The first-order valence-electron chi connectivity index (χ1n) is 8.03. The molecule has 1 aromatic heterocycles. The quantitative estimate of drug-likeness (QED) is 0.430. The lowest BCUT2D eigenvalue weighted by Crippen LogP contribution is -1.99. The Balaban J connectivity index is 1.99. The first-order chi connectivity index (χ1) is 11.6. The predicted molar refractivity (Wildman–Crippen MR) is 105 cm³/mol. The smallest absolute Gasteiger partial charge is 0.0765 e. The second-order valence-electron chi connectivity index (χ2n) is 5.93. The van der Waals surface area contributed by atoms with Crippen LogP contribution in [0.3, 0.4) is 0 Å². The summed E-state index contributed by atoms with van der Waals surface area (Å²) < 4.78 is 2.29. The normalized spacial score (nSPS) is 11.3. The molecule has 122 valence electrons. The van der Waals surface area contributed by atoms with Crippen LogP contribution in [0, 0.1) is 20.8 Å². The third-order valence-electron chi connectivity index (χ3n) is 4.16.